The van der Waals surface area contributed by atoms with Crippen LogP contribution >= 0.6 is 0 Å². The van der Waals surface area contributed by atoms with Crippen LogP contribution in [0.2, 0.25) is 0 Å². The van der Waals surface area contributed by atoms with Crippen LogP contribution in [-0.2, 0) is 11.3 Å². The van der Waals surface area contributed by atoms with Crippen molar-refractivity contribution in [3.05, 3.63) is 12.4 Å². The Hall–Kier alpha value is -1.83. The molecule has 0 aliphatic carbocycles. The number of aromatic nitrogens is 3. The molecule has 5 nitrogen and oxygen atoms in total. The lowest BCUT2D eigenvalue weighted by Gasteiger charge is -2.02. The van der Waals surface area contributed by atoms with Crippen molar-refractivity contribution in [1.29, 1.82) is 0 Å². The van der Waals surface area contributed by atoms with Gasteiger partial charge in [-0.15, -0.1) is 17.4 Å². The number of terminal acetylenes is 1. The van der Waals surface area contributed by atoms with Gasteiger partial charge in [0, 0.05) is 25.6 Å². The highest BCUT2D eigenvalue weighted by molar-refractivity contribution is 5.75. The Kier molecular flexibility index (Phi) is 4.21. The Morgan fingerprint density at radius 3 is 3.14 bits per heavy atom. The molecule has 0 atom stereocenters. The molecule has 0 fully saturated rings. The predicted octanol–water partition coefficient (Wildman–Crippen LogP) is -0.192. The number of carbonyl (C=O) groups excluding carboxylic acids is 1. The van der Waals surface area contributed by atoms with Crippen LogP contribution in [-0.4, -0.2) is 27.4 Å². The fourth-order valence-corrected chi connectivity index (χ4v) is 0.931. The average Bonchev–Trinajstić information content (AvgIpc) is 2.68. The zero-order valence-corrected chi connectivity index (χ0v) is 7.81. The third-order valence-electron chi connectivity index (χ3n) is 1.63. The summed E-state index contributed by atoms with van der Waals surface area (Å²) in [7, 11) is 0. The van der Waals surface area contributed by atoms with Crippen LogP contribution < -0.4 is 5.32 Å². The highest BCUT2D eigenvalue weighted by Crippen LogP contribution is 1.87. The van der Waals surface area contributed by atoms with Gasteiger partial charge >= 0.3 is 0 Å². The van der Waals surface area contributed by atoms with Gasteiger partial charge in [0.15, 0.2) is 0 Å². The van der Waals surface area contributed by atoms with Gasteiger partial charge < -0.3 is 5.32 Å². The van der Waals surface area contributed by atoms with E-state index < -0.39 is 0 Å². The monoisotopic (exact) mass is 192 g/mol. The molecule has 0 radical (unpaired) electrons. The van der Waals surface area contributed by atoms with Crippen LogP contribution in [0.5, 0.6) is 0 Å². The molecule has 0 aliphatic heterocycles. The molecule has 1 N–H and O–H groups in total. The number of hydrogen-bond donors (Lipinski definition) is 1. The lowest BCUT2D eigenvalue weighted by atomic mass is 10.3. The van der Waals surface area contributed by atoms with Gasteiger partial charge in [-0.2, -0.15) is 0 Å². The van der Waals surface area contributed by atoms with Crippen molar-refractivity contribution in [2.24, 2.45) is 0 Å². The third kappa shape index (κ3) is 3.72. The van der Waals surface area contributed by atoms with Gasteiger partial charge in [0.2, 0.25) is 5.91 Å². The molecular formula is C9H12N4O. The summed E-state index contributed by atoms with van der Waals surface area (Å²) >= 11 is 0. The molecule has 0 saturated heterocycles. The third-order valence-corrected chi connectivity index (χ3v) is 1.63. The summed E-state index contributed by atoms with van der Waals surface area (Å²) in [6, 6.07) is 0. The average molecular weight is 192 g/mol. The number of carbonyl (C=O) groups is 1. The molecule has 1 aromatic rings. The van der Waals surface area contributed by atoms with Crippen LogP contribution in [0.3, 0.4) is 0 Å². The Balaban J connectivity index is 2.13. The van der Waals surface area contributed by atoms with Gasteiger partial charge in [0.25, 0.3) is 0 Å². The van der Waals surface area contributed by atoms with E-state index in [2.05, 4.69) is 21.5 Å². The van der Waals surface area contributed by atoms with E-state index in [1.54, 1.807) is 17.1 Å². The Morgan fingerprint density at radius 2 is 2.50 bits per heavy atom. The molecule has 1 aromatic heterocycles. The summed E-state index contributed by atoms with van der Waals surface area (Å²) in [6.45, 7) is 1.08. The molecule has 0 aromatic carbocycles. The number of amides is 1. The van der Waals surface area contributed by atoms with Crippen LogP contribution in [0.15, 0.2) is 12.4 Å². The predicted molar refractivity (Wildman–Crippen MR) is 51.1 cm³/mol. The second kappa shape index (κ2) is 5.75. The van der Waals surface area contributed by atoms with Crippen molar-refractivity contribution in [1.82, 2.24) is 20.3 Å². The van der Waals surface area contributed by atoms with Crippen molar-refractivity contribution < 1.29 is 4.79 Å². The normalized spacial score (nSPS) is 9.36. The zero-order valence-electron chi connectivity index (χ0n) is 7.81. The molecule has 1 heterocycles. The van der Waals surface area contributed by atoms with Crippen molar-refractivity contribution in [2.75, 3.05) is 6.54 Å². The van der Waals surface area contributed by atoms with Crippen LogP contribution in [0, 0.1) is 12.3 Å². The molecule has 0 saturated carbocycles. The summed E-state index contributed by atoms with van der Waals surface area (Å²) < 4.78 is 1.61. The lowest BCUT2D eigenvalue weighted by Crippen LogP contribution is -2.25. The Morgan fingerprint density at radius 1 is 1.64 bits per heavy atom. The summed E-state index contributed by atoms with van der Waals surface area (Å²) in [6.07, 6.45) is 9.30. The largest absolute Gasteiger partial charge is 0.355 e. The molecular weight excluding hydrogens is 180 g/mol. The van der Waals surface area contributed by atoms with E-state index in [9.17, 15) is 4.79 Å². The maximum atomic E-state index is 11.2. The minimum Gasteiger partial charge on any atom is -0.355 e. The quantitative estimate of drug-likeness (QED) is 0.519. The Bertz CT molecular complexity index is 312. The number of nitrogens with zero attached hydrogens (tertiary/aromatic N) is 3. The molecule has 5 heteroatoms. The molecule has 14 heavy (non-hydrogen) atoms. The maximum absolute atomic E-state index is 11.2. The topological polar surface area (TPSA) is 59.8 Å². The van der Waals surface area contributed by atoms with Gasteiger partial charge in [-0.1, -0.05) is 5.21 Å². The summed E-state index contributed by atoms with van der Waals surface area (Å²) in [5, 5.41) is 10.1. The Labute approximate surface area is 82.5 Å². The molecule has 0 unspecified atom stereocenters. The van der Waals surface area contributed by atoms with E-state index in [0.29, 0.717) is 25.9 Å². The van der Waals surface area contributed by atoms with E-state index >= 15 is 0 Å². The molecule has 0 spiro atoms. The second-order valence-electron chi connectivity index (χ2n) is 2.72. The van der Waals surface area contributed by atoms with E-state index in [4.69, 9.17) is 6.42 Å². The van der Waals surface area contributed by atoms with Crippen molar-refractivity contribution in [3.63, 3.8) is 0 Å². The summed E-state index contributed by atoms with van der Waals surface area (Å²) in [4.78, 5) is 11.2. The first-order valence-electron chi connectivity index (χ1n) is 4.37. The first kappa shape index (κ1) is 10.3. The van der Waals surface area contributed by atoms with E-state index in [0.717, 1.165) is 0 Å². The minimum absolute atomic E-state index is 0.0178. The maximum Gasteiger partial charge on any atom is 0.221 e. The molecule has 0 aliphatic rings. The number of aryl methyl sites for hydroxylation is 1. The van der Waals surface area contributed by atoms with Crippen molar-refractivity contribution >= 4 is 5.91 Å². The highest BCUT2D eigenvalue weighted by Gasteiger charge is 2.00. The first-order valence-corrected chi connectivity index (χ1v) is 4.37. The lowest BCUT2D eigenvalue weighted by molar-refractivity contribution is -0.121. The second-order valence-corrected chi connectivity index (χ2v) is 2.72. The fourth-order valence-electron chi connectivity index (χ4n) is 0.931. The zero-order chi connectivity index (χ0) is 10.2. The van der Waals surface area contributed by atoms with Gasteiger partial charge in [-0.3, -0.25) is 9.48 Å². The van der Waals surface area contributed by atoms with Crippen molar-refractivity contribution in [2.45, 2.75) is 19.4 Å². The van der Waals surface area contributed by atoms with Gasteiger partial charge in [0.05, 0.1) is 12.7 Å². The molecule has 0 bridgehead atoms. The number of rotatable bonds is 5. The van der Waals surface area contributed by atoms with Crippen LogP contribution in [0.25, 0.3) is 0 Å². The van der Waals surface area contributed by atoms with Crippen LogP contribution in [0.1, 0.15) is 12.8 Å². The minimum atomic E-state index is -0.0178. The standard InChI is InChI=1S/C9H12N4O/c1-2-3-5-10-9(14)4-7-13-8-6-11-12-13/h1,6,8H,3-5,7H2,(H,10,14). The van der Waals surface area contributed by atoms with E-state index in [1.807, 2.05) is 0 Å². The number of hydrogen-bond acceptors (Lipinski definition) is 3. The number of nitrogens with one attached hydrogen (secondary N) is 1. The molecule has 1 rings (SSSR count). The highest BCUT2D eigenvalue weighted by atomic mass is 16.1. The molecule has 1 amide bonds. The van der Waals surface area contributed by atoms with Gasteiger partial charge in [-0.25, -0.2) is 0 Å². The van der Waals surface area contributed by atoms with Crippen LogP contribution in [0.4, 0.5) is 0 Å². The summed E-state index contributed by atoms with van der Waals surface area (Å²) in [5.74, 6) is 2.43. The van der Waals surface area contributed by atoms with Crippen molar-refractivity contribution in [3.8, 4) is 12.3 Å². The SMILES string of the molecule is C#CCCNC(=O)CCn1ccnn1. The smallest absolute Gasteiger partial charge is 0.221 e. The fraction of sp³-hybridized carbons (Fsp3) is 0.444. The first-order chi connectivity index (χ1) is 6.83. The van der Waals surface area contributed by atoms with Gasteiger partial charge in [-0.05, 0) is 0 Å². The van der Waals surface area contributed by atoms with E-state index in [1.165, 1.54) is 0 Å². The summed E-state index contributed by atoms with van der Waals surface area (Å²) in [5.41, 5.74) is 0. The van der Waals surface area contributed by atoms with Gasteiger partial charge in [0.1, 0.15) is 0 Å². The van der Waals surface area contributed by atoms with E-state index in [-0.39, 0.29) is 5.91 Å². The molecule has 74 valence electrons.